The number of carbonyl (C=O) groups is 1. The third-order valence-corrected chi connectivity index (χ3v) is 6.94. The number of likely N-dealkylation sites (N-methyl/N-ethyl adjacent to an activating group) is 1. The summed E-state index contributed by atoms with van der Waals surface area (Å²) in [5.74, 6) is 0.892. The average molecular weight is 415 g/mol. The molecule has 6 nitrogen and oxygen atoms in total. The van der Waals surface area contributed by atoms with Gasteiger partial charge in [-0.1, -0.05) is 6.42 Å². The van der Waals surface area contributed by atoms with E-state index in [9.17, 15) is 4.79 Å². The molecular weight excluding hydrogens is 384 g/mol. The molecule has 2 aliphatic heterocycles. The summed E-state index contributed by atoms with van der Waals surface area (Å²) in [6.07, 6.45) is 3.45. The molecule has 156 valence electrons. The lowest BCUT2D eigenvalue weighted by Crippen LogP contribution is -2.52. The molecule has 2 fully saturated rings. The summed E-state index contributed by atoms with van der Waals surface area (Å²) < 4.78 is 5.22. The van der Waals surface area contributed by atoms with Crippen LogP contribution in [0, 0.1) is 0 Å². The normalized spacial score (nSPS) is 21.7. The third kappa shape index (κ3) is 4.79. The monoisotopic (exact) mass is 414 g/mol. The van der Waals surface area contributed by atoms with Gasteiger partial charge in [0.25, 0.3) is 5.91 Å². The lowest BCUT2D eigenvalue weighted by atomic mass is 10.1. The second-order valence-corrected chi connectivity index (χ2v) is 8.86. The molecule has 0 spiro atoms. The Hall–Kier alpha value is -1.96. The van der Waals surface area contributed by atoms with E-state index in [1.54, 1.807) is 7.11 Å². The Kier molecular flexibility index (Phi) is 6.47. The van der Waals surface area contributed by atoms with E-state index in [2.05, 4.69) is 21.8 Å². The van der Waals surface area contributed by atoms with Crippen molar-refractivity contribution >= 4 is 17.2 Å². The van der Waals surface area contributed by atoms with E-state index in [0.717, 1.165) is 62.0 Å². The molecule has 2 aliphatic rings. The summed E-state index contributed by atoms with van der Waals surface area (Å²) in [5, 5.41) is 2.78. The van der Waals surface area contributed by atoms with Gasteiger partial charge in [-0.05, 0) is 44.2 Å². The maximum absolute atomic E-state index is 13.2. The van der Waals surface area contributed by atoms with Gasteiger partial charge in [0.05, 0.1) is 7.11 Å². The number of likely N-dealkylation sites (tertiary alicyclic amines) is 1. The van der Waals surface area contributed by atoms with Crippen molar-refractivity contribution in [1.82, 2.24) is 19.7 Å². The van der Waals surface area contributed by atoms with Crippen molar-refractivity contribution in [2.45, 2.75) is 25.3 Å². The van der Waals surface area contributed by atoms with Crippen LogP contribution in [-0.2, 0) is 0 Å². The summed E-state index contributed by atoms with van der Waals surface area (Å²) in [5.41, 5.74) is 1.58. The summed E-state index contributed by atoms with van der Waals surface area (Å²) in [6.45, 7) is 6.07. The van der Waals surface area contributed by atoms with Gasteiger partial charge in [0.1, 0.15) is 16.5 Å². The molecule has 0 saturated carbocycles. The van der Waals surface area contributed by atoms with E-state index in [1.165, 1.54) is 24.2 Å². The fraction of sp³-hybridized carbons (Fsp3) is 0.545. The van der Waals surface area contributed by atoms with E-state index >= 15 is 0 Å². The van der Waals surface area contributed by atoms with Crippen LogP contribution >= 0.6 is 11.3 Å². The number of amides is 1. The van der Waals surface area contributed by atoms with Gasteiger partial charge in [0, 0.05) is 56.3 Å². The Balaban J connectivity index is 1.44. The van der Waals surface area contributed by atoms with Gasteiger partial charge in [0.15, 0.2) is 0 Å². The molecule has 0 bridgehead atoms. The number of thiazole rings is 1. The van der Waals surface area contributed by atoms with Crippen molar-refractivity contribution in [3.63, 3.8) is 0 Å². The van der Waals surface area contributed by atoms with E-state index in [-0.39, 0.29) is 5.91 Å². The fourth-order valence-corrected chi connectivity index (χ4v) is 4.99. The number of hydrogen-bond acceptors (Lipinski definition) is 6. The summed E-state index contributed by atoms with van der Waals surface area (Å²) in [4.78, 5) is 24.8. The van der Waals surface area contributed by atoms with Crippen LogP contribution in [0.1, 0.15) is 29.8 Å². The Morgan fingerprint density at radius 3 is 2.59 bits per heavy atom. The fourth-order valence-electron chi connectivity index (χ4n) is 4.19. The molecule has 4 rings (SSSR count). The molecule has 0 N–H and O–H groups in total. The van der Waals surface area contributed by atoms with E-state index in [1.807, 2.05) is 34.5 Å². The molecule has 1 aromatic carbocycles. The van der Waals surface area contributed by atoms with Gasteiger partial charge in [-0.3, -0.25) is 9.69 Å². The zero-order valence-electron chi connectivity index (χ0n) is 17.3. The Morgan fingerprint density at radius 2 is 1.86 bits per heavy atom. The topological polar surface area (TPSA) is 48.9 Å². The Labute approximate surface area is 177 Å². The number of ether oxygens (including phenoxy) is 1. The zero-order chi connectivity index (χ0) is 20.2. The first kappa shape index (κ1) is 20.3. The van der Waals surface area contributed by atoms with E-state index in [4.69, 9.17) is 4.74 Å². The first-order chi connectivity index (χ1) is 14.1. The van der Waals surface area contributed by atoms with Gasteiger partial charge >= 0.3 is 0 Å². The molecule has 1 amide bonds. The quantitative estimate of drug-likeness (QED) is 0.770. The van der Waals surface area contributed by atoms with Crippen LogP contribution in [0.3, 0.4) is 0 Å². The number of aromatic nitrogens is 1. The number of nitrogens with zero attached hydrogens (tertiary/aromatic N) is 4. The lowest BCUT2D eigenvalue weighted by Gasteiger charge is -2.39. The molecule has 1 aromatic heterocycles. The van der Waals surface area contributed by atoms with Gasteiger partial charge in [-0.25, -0.2) is 4.98 Å². The molecule has 3 heterocycles. The van der Waals surface area contributed by atoms with Crippen LogP contribution in [-0.4, -0.2) is 85.1 Å². The van der Waals surface area contributed by atoms with Crippen molar-refractivity contribution in [2.24, 2.45) is 0 Å². The predicted octanol–water partition coefficient (Wildman–Crippen LogP) is 3.06. The van der Waals surface area contributed by atoms with Gasteiger partial charge < -0.3 is 14.5 Å². The van der Waals surface area contributed by atoms with Crippen LogP contribution in [0.25, 0.3) is 10.6 Å². The molecule has 0 radical (unpaired) electrons. The summed E-state index contributed by atoms with van der Waals surface area (Å²) >= 11 is 1.53. The number of hydrogen-bond donors (Lipinski definition) is 0. The Morgan fingerprint density at radius 1 is 1.10 bits per heavy atom. The highest BCUT2D eigenvalue weighted by Gasteiger charge is 2.29. The molecular formula is C22H30N4O2S. The summed E-state index contributed by atoms with van der Waals surface area (Å²) in [6, 6.07) is 8.29. The molecule has 29 heavy (non-hydrogen) atoms. The van der Waals surface area contributed by atoms with Crippen LogP contribution in [0.5, 0.6) is 5.75 Å². The highest BCUT2D eigenvalue weighted by Crippen LogP contribution is 2.27. The smallest absolute Gasteiger partial charge is 0.273 e. The first-order valence-corrected chi connectivity index (χ1v) is 11.3. The van der Waals surface area contributed by atoms with Gasteiger partial charge in [0.2, 0.25) is 0 Å². The van der Waals surface area contributed by atoms with Crippen molar-refractivity contribution in [2.75, 3.05) is 53.4 Å². The number of methoxy groups -OCH3 is 1. The second kappa shape index (κ2) is 9.24. The molecule has 0 aliphatic carbocycles. The van der Waals surface area contributed by atoms with Crippen LogP contribution in [0.2, 0.25) is 0 Å². The predicted molar refractivity (Wildman–Crippen MR) is 117 cm³/mol. The molecule has 1 unspecified atom stereocenters. The van der Waals surface area contributed by atoms with Gasteiger partial charge in [-0.15, -0.1) is 11.3 Å². The minimum absolute atomic E-state index is 0.0713. The van der Waals surface area contributed by atoms with Gasteiger partial charge in [-0.2, -0.15) is 0 Å². The number of carbonyl (C=O) groups excluding carboxylic acids is 1. The highest BCUT2D eigenvalue weighted by molar-refractivity contribution is 7.13. The lowest BCUT2D eigenvalue weighted by molar-refractivity contribution is 0.0627. The van der Waals surface area contributed by atoms with E-state index < -0.39 is 0 Å². The zero-order valence-corrected chi connectivity index (χ0v) is 18.2. The molecule has 2 aromatic rings. The van der Waals surface area contributed by atoms with Crippen molar-refractivity contribution in [1.29, 1.82) is 0 Å². The van der Waals surface area contributed by atoms with Crippen molar-refractivity contribution < 1.29 is 9.53 Å². The minimum atomic E-state index is 0.0713. The SMILES string of the molecule is COc1ccc(-c2nc(C(=O)N3CCCCC(N4CCN(C)CC4)C3)cs2)cc1. The largest absolute Gasteiger partial charge is 0.497 e. The molecule has 1 atom stereocenters. The summed E-state index contributed by atoms with van der Waals surface area (Å²) in [7, 11) is 3.84. The van der Waals surface area contributed by atoms with Crippen LogP contribution < -0.4 is 4.74 Å². The number of rotatable bonds is 4. The van der Waals surface area contributed by atoms with Crippen molar-refractivity contribution in [3.05, 3.63) is 35.3 Å². The maximum atomic E-state index is 13.2. The average Bonchev–Trinajstić information content (AvgIpc) is 3.12. The molecule has 7 heteroatoms. The van der Waals surface area contributed by atoms with Crippen LogP contribution in [0.15, 0.2) is 29.6 Å². The highest BCUT2D eigenvalue weighted by atomic mass is 32.1. The first-order valence-electron chi connectivity index (χ1n) is 10.5. The number of benzene rings is 1. The number of piperazine rings is 1. The molecule has 2 saturated heterocycles. The third-order valence-electron chi connectivity index (χ3n) is 6.05. The standard InChI is InChI=1S/C22H30N4O2S/c1-24-11-13-25(14-12-24)18-5-3-4-10-26(15-18)22(27)20-16-29-21(23-20)17-6-8-19(28-2)9-7-17/h6-9,16,18H,3-5,10-15H2,1-2H3. The van der Waals surface area contributed by atoms with Crippen LogP contribution in [0.4, 0.5) is 0 Å². The second-order valence-electron chi connectivity index (χ2n) is 8.01. The van der Waals surface area contributed by atoms with Crippen molar-refractivity contribution in [3.8, 4) is 16.3 Å². The van der Waals surface area contributed by atoms with E-state index in [0.29, 0.717) is 11.7 Å². The minimum Gasteiger partial charge on any atom is -0.497 e. The Bertz CT molecular complexity index is 814. The maximum Gasteiger partial charge on any atom is 0.273 e.